The number of halogens is 1. The van der Waals surface area contributed by atoms with Gasteiger partial charge in [-0.3, -0.25) is 4.98 Å². The van der Waals surface area contributed by atoms with Gasteiger partial charge in [0.15, 0.2) is 0 Å². The molecule has 1 aromatic carbocycles. The van der Waals surface area contributed by atoms with E-state index in [0.717, 1.165) is 27.3 Å². The minimum atomic E-state index is 0.776. The molecular weight excluding hydrogens is 346 g/mol. The minimum absolute atomic E-state index is 0.776. The molecule has 5 heteroatoms. The van der Waals surface area contributed by atoms with Crippen LogP contribution in [0.2, 0.25) is 0 Å². The van der Waals surface area contributed by atoms with Crippen molar-refractivity contribution < 1.29 is 0 Å². The van der Waals surface area contributed by atoms with Gasteiger partial charge in [0.25, 0.3) is 0 Å². The molecule has 0 unspecified atom stereocenters. The van der Waals surface area contributed by atoms with Crippen LogP contribution < -0.4 is 5.32 Å². The van der Waals surface area contributed by atoms with Crippen molar-refractivity contribution in [2.75, 3.05) is 5.32 Å². The summed E-state index contributed by atoms with van der Waals surface area (Å²) in [7, 11) is 0. The molecule has 0 aliphatic heterocycles. The molecule has 0 radical (unpaired) electrons. The zero-order valence-corrected chi connectivity index (χ0v) is 13.9. The van der Waals surface area contributed by atoms with Crippen LogP contribution in [-0.2, 0) is 6.54 Å². The number of rotatable bonds is 4. The SMILES string of the molecule is Cc1ccc(NCc2cnc(-c3ccncc3)s2)cc1Br. The molecule has 0 bridgehead atoms. The van der Waals surface area contributed by atoms with Gasteiger partial charge in [0.2, 0.25) is 0 Å². The number of thiazole rings is 1. The summed E-state index contributed by atoms with van der Waals surface area (Å²) in [6.45, 7) is 2.86. The van der Waals surface area contributed by atoms with E-state index in [1.165, 1.54) is 10.4 Å². The fourth-order valence-corrected chi connectivity index (χ4v) is 3.15. The molecule has 0 saturated heterocycles. The highest BCUT2D eigenvalue weighted by molar-refractivity contribution is 9.10. The van der Waals surface area contributed by atoms with Crippen LogP contribution in [0, 0.1) is 6.92 Å². The summed E-state index contributed by atoms with van der Waals surface area (Å²) < 4.78 is 1.12. The molecule has 0 aliphatic carbocycles. The molecule has 3 aromatic rings. The van der Waals surface area contributed by atoms with Crippen LogP contribution in [0.3, 0.4) is 0 Å². The number of pyridine rings is 1. The fourth-order valence-electron chi connectivity index (χ4n) is 1.91. The standard InChI is InChI=1S/C16H14BrN3S/c1-11-2-3-13(8-15(11)17)19-9-14-10-20-16(21-14)12-4-6-18-7-5-12/h2-8,10,19H,9H2,1H3. The number of hydrogen-bond acceptors (Lipinski definition) is 4. The Hall–Kier alpha value is -1.72. The van der Waals surface area contributed by atoms with Crippen molar-refractivity contribution in [3.63, 3.8) is 0 Å². The summed E-state index contributed by atoms with van der Waals surface area (Å²) in [6.07, 6.45) is 5.51. The largest absolute Gasteiger partial charge is 0.380 e. The maximum absolute atomic E-state index is 4.47. The molecule has 0 spiro atoms. The Morgan fingerprint density at radius 3 is 2.76 bits per heavy atom. The van der Waals surface area contributed by atoms with Gasteiger partial charge in [-0.2, -0.15) is 0 Å². The first-order valence-electron chi connectivity index (χ1n) is 6.57. The highest BCUT2D eigenvalue weighted by Crippen LogP contribution is 2.26. The van der Waals surface area contributed by atoms with E-state index in [9.17, 15) is 0 Å². The third-order valence-electron chi connectivity index (χ3n) is 3.12. The molecule has 0 saturated carbocycles. The molecule has 3 rings (SSSR count). The van der Waals surface area contributed by atoms with Gasteiger partial charge in [0.1, 0.15) is 5.01 Å². The van der Waals surface area contributed by atoms with Crippen LogP contribution in [0.15, 0.2) is 53.4 Å². The lowest BCUT2D eigenvalue weighted by Gasteiger charge is -2.06. The van der Waals surface area contributed by atoms with E-state index in [1.54, 1.807) is 23.7 Å². The van der Waals surface area contributed by atoms with Gasteiger partial charge in [-0.1, -0.05) is 22.0 Å². The summed E-state index contributed by atoms with van der Waals surface area (Å²) >= 11 is 5.25. The average Bonchev–Trinajstić information content (AvgIpc) is 2.98. The van der Waals surface area contributed by atoms with Crippen molar-refractivity contribution in [1.82, 2.24) is 9.97 Å². The number of aryl methyl sites for hydroxylation is 1. The zero-order chi connectivity index (χ0) is 14.7. The molecule has 0 amide bonds. The van der Waals surface area contributed by atoms with Gasteiger partial charge in [-0.25, -0.2) is 4.98 Å². The Kier molecular flexibility index (Phi) is 4.31. The molecule has 1 N–H and O–H groups in total. The van der Waals surface area contributed by atoms with Gasteiger partial charge in [0, 0.05) is 39.2 Å². The summed E-state index contributed by atoms with van der Waals surface area (Å²) in [6, 6.07) is 10.2. The van der Waals surface area contributed by atoms with E-state index >= 15 is 0 Å². The Morgan fingerprint density at radius 2 is 2.00 bits per heavy atom. The van der Waals surface area contributed by atoms with Gasteiger partial charge < -0.3 is 5.32 Å². The van der Waals surface area contributed by atoms with E-state index in [4.69, 9.17) is 0 Å². The minimum Gasteiger partial charge on any atom is -0.380 e. The maximum Gasteiger partial charge on any atom is 0.123 e. The molecule has 106 valence electrons. The van der Waals surface area contributed by atoms with Crippen molar-refractivity contribution in [2.24, 2.45) is 0 Å². The zero-order valence-electron chi connectivity index (χ0n) is 11.5. The van der Waals surface area contributed by atoms with Crippen LogP contribution in [0.5, 0.6) is 0 Å². The Bertz CT molecular complexity index is 740. The second-order valence-electron chi connectivity index (χ2n) is 4.69. The first-order valence-corrected chi connectivity index (χ1v) is 8.18. The fraction of sp³-hybridized carbons (Fsp3) is 0.125. The van der Waals surface area contributed by atoms with E-state index in [2.05, 4.69) is 56.3 Å². The van der Waals surface area contributed by atoms with Crippen LogP contribution in [0.25, 0.3) is 10.6 Å². The molecular formula is C16H14BrN3S. The second kappa shape index (κ2) is 6.37. The summed E-state index contributed by atoms with van der Waals surface area (Å²) in [5.41, 5.74) is 3.45. The van der Waals surface area contributed by atoms with Crippen LogP contribution in [0.1, 0.15) is 10.4 Å². The number of aromatic nitrogens is 2. The molecule has 0 aliphatic rings. The number of hydrogen-bond donors (Lipinski definition) is 1. The number of nitrogens with one attached hydrogen (secondary N) is 1. The van der Waals surface area contributed by atoms with Gasteiger partial charge in [-0.15, -0.1) is 11.3 Å². The van der Waals surface area contributed by atoms with Crippen molar-refractivity contribution in [2.45, 2.75) is 13.5 Å². The van der Waals surface area contributed by atoms with E-state index in [1.807, 2.05) is 18.3 Å². The smallest absolute Gasteiger partial charge is 0.123 e. The van der Waals surface area contributed by atoms with Crippen LogP contribution in [0.4, 0.5) is 5.69 Å². The lowest BCUT2D eigenvalue weighted by Crippen LogP contribution is -1.97. The van der Waals surface area contributed by atoms with Gasteiger partial charge >= 0.3 is 0 Å². The molecule has 2 heterocycles. The Labute approximate surface area is 136 Å². The van der Waals surface area contributed by atoms with Crippen molar-refractivity contribution >= 4 is 33.0 Å². The normalized spacial score (nSPS) is 10.6. The van der Waals surface area contributed by atoms with Crippen molar-refractivity contribution in [1.29, 1.82) is 0 Å². The summed E-state index contributed by atoms with van der Waals surface area (Å²) in [4.78, 5) is 9.71. The average molecular weight is 360 g/mol. The highest BCUT2D eigenvalue weighted by Gasteiger charge is 2.04. The Morgan fingerprint density at radius 1 is 1.19 bits per heavy atom. The van der Waals surface area contributed by atoms with E-state index in [-0.39, 0.29) is 0 Å². The molecule has 21 heavy (non-hydrogen) atoms. The maximum atomic E-state index is 4.47. The first-order chi connectivity index (χ1) is 10.2. The molecule has 0 atom stereocenters. The summed E-state index contributed by atoms with van der Waals surface area (Å²) in [5, 5.41) is 4.45. The lowest BCUT2D eigenvalue weighted by molar-refractivity contribution is 1.17. The van der Waals surface area contributed by atoms with E-state index < -0.39 is 0 Å². The predicted molar refractivity (Wildman–Crippen MR) is 91.6 cm³/mol. The molecule has 3 nitrogen and oxygen atoms in total. The predicted octanol–water partition coefficient (Wildman–Crippen LogP) is 4.89. The third-order valence-corrected chi connectivity index (χ3v) is 5.02. The van der Waals surface area contributed by atoms with Gasteiger partial charge in [-0.05, 0) is 36.8 Å². The lowest BCUT2D eigenvalue weighted by atomic mass is 10.2. The Balaban J connectivity index is 1.69. The highest BCUT2D eigenvalue weighted by atomic mass is 79.9. The van der Waals surface area contributed by atoms with Gasteiger partial charge in [0.05, 0.1) is 6.54 Å². The number of benzene rings is 1. The summed E-state index contributed by atoms with van der Waals surface area (Å²) in [5.74, 6) is 0. The number of anilines is 1. The van der Waals surface area contributed by atoms with Crippen LogP contribution in [-0.4, -0.2) is 9.97 Å². The van der Waals surface area contributed by atoms with Crippen molar-refractivity contribution in [3.8, 4) is 10.6 Å². The quantitative estimate of drug-likeness (QED) is 0.720. The topological polar surface area (TPSA) is 37.8 Å². The number of nitrogens with zero attached hydrogens (tertiary/aromatic N) is 2. The van der Waals surface area contributed by atoms with Crippen LogP contribution >= 0.6 is 27.3 Å². The van der Waals surface area contributed by atoms with E-state index in [0.29, 0.717) is 0 Å². The second-order valence-corrected chi connectivity index (χ2v) is 6.65. The third kappa shape index (κ3) is 3.49. The first kappa shape index (κ1) is 14.2. The van der Waals surface area contributed by atoms with Crippen molar-refractivity contribution in [3.05, 3.63) is 63.8 Å². The molecule has 0 fully saturated rings. The molecule has 2 aromatic heterocycles. The monoisotopic (exact) mass is 359 g/mol.